The fraction of sp³-hybridized carbons (Fsp3) is 0.433. The number of ether oxygens (including phenoxy) is 1. The van der Waals surface area contributed by atoms with Crippen molar-refractivity contribution in [2.45, 2.75) is 38.4 Å². The Kier molecular flexibility index (Phi) is 8.15. The van der Waals surface area contributed by atoms with Crippen LogP contribution < -0.4 is 10.1 Å². The molecule has 226 valence electrons. The lowest BCUT2D eigenvalue weighted by Crippen LogP contribution is -2.49. The lowest BCUT2D eigenvalue weighted by atomic mass is 10.1. The molecule has 1 saturated heterocycles. The van der Waals surface area contributed by atoms with E-state index >= 15 is 0 Å². The summed E-state index contributed by atoms with van der Waals surface area (Å²) in [5.41, 5.74) is 5.17. The number of carbonyl (C=O) groups is 1. The van der Waals surface area contributed by atoms with Crippen LogP contribution in [0.25, 0.3) is 22.3 Å². The number of piperazine rings is 1. The van der Waals surface area contributed by atoms with Gasteiger partial charge in [-0.2, -0.15) is 13.2 Å². The van der Waals surface area contributed by atoms with Gasteiger partial charge in [0.2, 0.25) is 5.91 Å². The van der Waals surface area contributed by atoms with Crippen LogP contribution in [0.2, 0.25) is 0 Å². The second-order valence-corrected chi connectivity index (χ2v) is 11.1. The predicted octanol–water partition coefficient (Wildman–Crippen LogP) is 4.43. The van der Waals surface area contributed by atoms with E-state index in [1.165, 1.54) is 17.7 Å². The van der Waals surface area contributed by atoms with E-state index in [1.807, 2.05) is 30.3 Å². The number of hydrogen-bond acceptors (Lipinski definition) is 8. The maximum absolute atomic E-state index is 12.6. The van der Waals surface area contributed by atoms with Crippen LogP contribution in [0.1, 0.15) is 36.3 Å². The fourth-order valence-corrected chi connectivity index (χ4v) is 5.35. The number of aromatic amines is 1. The third kappa shape index (κ3) is 7.22. The third-order valence-corrected chi connectivity index (χ3v) is 7.78. The van der Waals surface area contributed by atoms with E-state index in [9.17, 15) is 18.0 Å². The maximum Gasteiger partial charge on any atom is 0.397 e. The SMILES string of the molecule is COc1c(NCC2CC2)ncnc1-c1ccc2nc(Cc3cc(CN4CCN(C(=O)CC(F)(F)F)CC4)ccn3)[nH]c2c1. The molecule has 10 nitrogen and oxygen atoms in total. The first-order chi connectivity index (χ1) is 20.7. The number of methoxy groups -OCH3 is 1. The average Bonchev–Trinajstić information content (AvgIpc) is 3.73. The number of nitrogens with zero attached hydrogens (tertiary/aromatic N) is 6. The van der Waals surface area contributed by atoms with E-state index in [0.717, 1.165) is 40.2 Å². The smallest absolute Gasteiger partial charge is 0.397 e. The molecule has 2 N–H and O–H groups in total. The van der Waals surface area contributed by atoms with Crippen molar-refractivity contribution in [1.82, 2.24) is 34.7 Å². The van der Waals surface area contributed by atoms with Crippen molar-refractivity contribution in [2.75, 3.05) is 45.2 Å². The van der Waals surface area contributed by atoms with E-state index < -0.39 is 18.5 Å². The van der Waals surface area contributed by atoms with Gasteiger partial charge in [-0.3, -0.25) is 14.7 Å². The van der Waals surface area contributed by atoms with Crippen molar-refractivity contribution in [3.63, 3.8) is 0 Å². The number of nitrogens with one attached hydrogen (secondary N) is 2. The van der Waals surface area contributed by atoms with Gasteiger partial charge in [-0.15, -0.1) is 0 Å². The van der Waals surface area contributed by atoms with Crippen molar-refractivity contribution < 1.29 is 22.7 Å². The minimum atomic E-state index is -4.48. The van der Waals surface area contributed by atoms with Gasteiger partial charge in [-0.25, -0.2) is 15.0 Å². The normalized spacial score (nSPS) is 16.0. The zero-order valence-corrected chi connectivity index (χ0v) is 23.8. The van der Waals surface area contributed by atoms with Gasteiger partial charge in [0, 0.05) is 63.1 Å². The topological polar surface area (TPSA) is 112 Å². The standard InChI is InChI=1S/C30H33F3N8O2/c1-43-28-27(36-18-37-29(28)35-16-19-2-3-19)21-4-5-23-24(13-21)39-25(38-23)14-22-12-20(6-7-34-22)17-40-8-10-41(11-9-40)26(42)15-30(31,32)33/h4-7,12-13,18-19H,2-3,8-11,14-17H2,1H3,(H,38,39)(H,35,36,37). The Hall–Kier alpha value is -4.26. The highest BCUT2D eigenvalue weighted by atomic mass is 19.4. The fourth-order valence-electron chi connectivity index (χ4n) is 5.35. The molecule has 0 spiro atoms. The molecule has 4 aromatic rings. The number of aromatic nitrogens is 5. The van der Waals surface area contributed by atoms with Gasteiger partial charge >= 0.3 is 6.18 Å². The second kappa shape index (κ2) is 12.2. The van der Waals surface area contributed by atoms with Crippen LogP contribution in [-0.2, 0) is 17.8 Å². The van der Waals surface area contributed by atoms with Gasteiger partial charge in [0.1, 0.15) is 24.3 Å². The summed E-state index contributed by atoms with van der Waals surface area (Å²) in [4.78, 5) is 36.9. The van der Waals surface area contributed by atoms with E-state index in [2.05, 4.69) is 30.2 Å². The van der Waals surface area contributed by atoms with Crippen molar-refractivity contribution in [2.24, 2.45) is 5.92 Å². The number of hydrogen-bond donors (Lipinski definition) is 2. The molecule has 1 amide bonds. The summed E-state index contributed by atoms with van der Waals surface area (Å²) in [5, 5.41) is 3.39. The molecule has 13 heteroatoms. The van der Waals surface area contributed by atoms with E-state index in [4.69, 9.17) is 9.72 Å². The summed E-state index contributed by atoms with van der Waals surface area (Å²) in [5.74, 6) is 1.90. The van der Waals surface area contributed by atoms with Crippen LogP contribution in [-0.4, -0.2) is 86.6 Å². The summed E-state index contributed by atoms with van der Waals surface area (Å²) >= 11 is 0. The monoisotopic (exact) mass is 594 g/mol. The Morgan fingerprint density at radius 1 is 1.09 bits per heavy atom. The summed E-state index contributed by atoms with van der Waals surface area (Å²) in [7, 11) is 1.62. The van der Waals surface area contributed by atoms with Gasteiger partial charge in [0.15, 0.2) is 11.6 Å². The second-order valence-electron chi connectivity index (χ2n) is 11.1. The number of H-pyrrole nitrogens is 1. The number of benzene rings is 1. The molecular weight excluding hydrogens is 561 g/mol. The van der Waals surface area contributed by atoms with Crippen LogP contribution in [0.3, 0.4) is 0 Å². The molecule has 1 aliphatic carbocycles. The molecule has 43 heavy (non-hydrogen) atoms. The molecule has 6 rings (SSSR count). The average molecular weight is 595 g/mol. The first kappa shape index (κ1) is 28.8. The highest BCUT2D eigenvalue weighted by Crippen LogP contribution is 2.36. The molecule has 0 unspecified atom stereocenters. The van der Waals surface area contributed by atoms with Crippen molar-refractivity contribution in [3.05, 3.63) is 59.9 Å². The first-order valence-corrected chi connectivity index (χ1v) is 14.4. The van der Waals surface area contributed by atoms with Crippen molar-refractivity contribution in [1.29, 1.82) is 0 Å². The number of imidazole rings is 1. The zero-order valence-electron chi connectivity index (χ0n) is 23.8. The number of amides is 1. The molecule has 1 aliphatic heterocycles. The van der Waals surface area contributed by atoms with Gasteiger partial charge in [0.05, 0.1) is 18.1 Å². The summed E-state index contributed by atoms with van der Waals surface area (Å²) in [6.45, 7) is 3.09. The number of rotatable bonds is 10. The lowest BCUT2D eigenvalue weighted by molar-refractivity contribution is -0.162. The van der Waals surface area contributed by atoms with E-state index in [1.54, 1.807) is 19.6 Å². The van der Waals surface area contributed by atoms with Crippen LogP contribution in [0.5, 0.6) is 5.75 Å². The molecular formula is C30H33F3N8O2. The van der Waals surface area contributed by atoms with Crippen molar-refractivity contribution >= 4 is 22.8 Å². The molecule has 0 bridgehead atoms. The largest absolute Gasteiger partial charge is 0.491 e. The van der Waals surface area contributed by atoms with Gasteiger partial charge in [-0.05, 0) is 48.6 Å². The first-order valence-electron chi connectivity index (χ1n) is 14.4. The number of fused-ring (bicyclic) bond motifs is 1. The minimum Gasteiger partial charge on any atom is -0.491 e. The number of carbonyl (C=O) groups excluding carboxylic acids is 1. The molecule has 2 aliphatic rings. The van der Waals surface area contributed by atoms with Crippen molar-refractivity contribution in [3.8, 4) is 17.0 Å². The Balaban J connectivity index is 1.10. The van der Waals surface area contributed by atoms with E-state index in [0.29, 0.717) is 49.2 Å². The Bertz CT molecular complexity index is 1600. The lowest BCUT2D eigenvalue weighted by Gasteiger charge is -2.35. The predicted molar refractivity (Wildman–Crippen MR) is 154 cm³/mol. The molecule has 0 radical (unpaired) electrons. The van der Waals surface area contributed by atoms with E-state index in [-0.39, 0.29) is 13.1 Å². The molecule has 0 atom stereocenters. The number of pyridine rings is 1. The summed E-state index contributed by atoms with van der Waals surface area (Å²) < 4.78 is 43.4. The van der Waals surface area contributed by atoms with Crippen LogP contribution >= 0.6 is 0 Å². The molecule has 2 fully saturated rings. The molecule has 4 heterocycles. The van der Waals surface area contributed by atoms with Crippen LogP contribution in [0.4, 0.5) is 19.0 Å². The Labute approximate surface area is 246 Å². The number of alkyl halides is 3. The van der Waals surface area contributed by atoms with Gasteiger partial charge in [0.25, 0.3) is 0 Å². The number of halogens is 3. The molecule has 3 aromatic heterocycles. The van der Waals surface area contributed by atoms with Crippen LogP contribution in [0.15, 0.2) is 42.9 Å². The zero-order chi connectivity index (χ0) is 30.0. The molecule has 1 saturated carbocycles. The summed E-state index contributed by atoms with van der Waals surface area (Å²) in [6, 6.07) is 9.87. The molecule has 1 aromatic carbocycles. The minimum absolute atomic E-state index is 0.285. The van der Waals surface area contributed by atoms with Gasteiger partial charge in [-0.1, -0.05) is 6.07 Å². The quantitative estimate of drug-likeness (QED) is 0.277. The van der Waals surface area contributed by atoms with Crippen LogP contribution in [0, 0.1) is 5.92 Å². The highest BCUT2D eigenvalue weighted by Gasteiger charge is 2.34. The van der Waals surface area contributed by atoms with Gasteiger partial charge < -0.3 is 19.9 Å². The highest BCUT2D eigenvalue weighted by molar-refractivity contribution is 5.83. The Morgan fingerprint density at radius 3 is 2.65 bits per heavy atom. The number of anilines is 1. The third-order valence-electron chi connectivity index (χ3n) is 7.78. The summed E-state index contributed by atoms with van der Waals surface area (Å²) in [6.07, 6.45) is 0.394. The maximum atomic E-state index is 12.6. The Morgan fingerprint density at radius 2 is 1.91 bits per heavy atom.